The second kappa shape index (κ2) is 7.62. The Hall–Kier alpha value is -2.14. The zero-order chi connectivity index (χ0) is 17.9. The first kappa shape index (κ1) is 17.3. The Bertz CT molecular complexity index is 926. The normalized spacial score (nSPS) is 14.5. The van der Waals surface area contributed by atoms with Crippen molar-refractivity contribution in [3.05, 3.63) is 64.8 Å². The zero-order valence-electron chi connectivity index (χ0n) is 14.0. The zero-order valence-corrected chi connectivity index (χ0v) is 15.5. The van der Waals surface area contributed by atoms with Crippen molar-refractivity contribution in [1.82, 2.24) is 9.97 Å². The molecule has 0 radical (unpaired) electrons. The minimum absolute atomic E-state index is 0.665. The maximum absolute atomic E-state index is 6.21. The van der Waals surface area contributed by atoms with Gasteiger partial charge in [-0.15, -0.1) is 0 Å². The van der Waals surface area contributed by atoms with Gasteiger partial charge in [-0.25, -0.2) is 4.98 Å². The van der Waals surface area contributed by atoms with Crippen LogP contribution >= 0.6 is 23.2 Å². The maximum Gasteiger partial charge on any atom is 0.148 e. The standard InChI is InChI=1S/C20H17Cl2N3O/c21-16-5-1-3-14(11-16)19-20(15-4-2-6-17(22)12-15)24-18(13-23-19)25-7-9-26-10-8-25/h1-6,11-13H,7-10H2. The van der Waals surface area contributed by atoms with Crippen LogP contribution in [0.2, 0.25) is 10.0 Å². The number of halogens is 2. The van der Waals surface area contributed by atoms with Gasteiger partial charge in [0.25, 0.3) is 0 Å². The van der Waals surface area contributed by atoms with Crippen LogP contribution in [0.15, 0.2) is 54.7 Å². The van der Waals surface area contributed by atoms with Crippen molar-refractivity contribution < 1.29 is 4.74 Å². The summed E-state index contributed by atoms with van der Waals surface area (Å²) in [6, 6.07) is 15.3. The molecular formula is C20H17Cl2N3O. The summed E-state index contributed by atoms with van der Waals surface area (Å²) in [5, 5.41) is 1.33. The quantitative estimate of drug-likeness (QED) is 0.638. The fourth-order valence-electron chi connectivity index (χ4n) is 3.01. The van der Waals surface area contributed by atoms with Gasteiger partial charge in [0.05, 0.1) is 30.8 Å². The fourth-order valence-corrected chi connectivity index (χ4v) is 3.39. The van der Waals surface area contributed by atoms with E-state index < -0.39 is 0 Å². The van der Waals surface area contributed by atoms with Crippen molar-refractivity contribution in [2.24, 2.45) is 0 Å². The molecule has 0 saturated carbocycles. The highest BCUT2D eigenvalue weighted by Gasteiger charge is 2.17. The number of ether oxygens (including phenoxy) is 1. The van der Waals surface area contributed by atoms with Gasteiger partial charge < -0.3 is 9.64 Å². The smallest absolute Gasteiger partial charge is 0.148 e. The Labute approximate surface area is 162 Å². The Kier molecular flexibility index (Phi) is 5.07. The van der Waals surface area contributed by atoms with Crippen LogP contribution in [0.4, 0.5) is 5.82 Å². The molecule has 1 aliphatic heterocycles. The van der Waals surface area contributed by atoms with E-state index in [1.54, 1.807) is 0 Å². The van der Waals surface area contributed by atoms with Crippen LogP contribution in [-0.2, 0) is 4.74 Å². The number of anilines is 1. The Morgan fingerprint density at radius 3 is 2.08 bits per heavy atom. The number of hydrogen-bond donors (Lipinski definition) is 0. The van der Waals surface area contributed by atoms with Crippen LogP contribution in [0.25, 0.3) is 22.5 Å². The molecule has 4 nitrogen and oxygen atoms in total. The number of aromatic nitrogens is 2. The van der Waals surface area contributed by atoms with Gasteiger partial charge in [0.15, 0.2) is 0 Å². The van der Waals surface area contributed by atoms with Gasteiger partial charge in [0.1, 0.15) is 5.82 Å². The summed E-state index contributed by atoms with van der Waals surface area (Å²) in [6.45, 7) is 3.01. The van der Waals surface area contributed by atoms with E-state index >= 15 is 0 Å². The molecule has 6 heteroatoms. The SMILES string of the molecule is Clc1cccc(-c2ncc(N3CCOCC3)nc2-c2cccc(Cl)c2)c1. The molecule has 0 atom stereocenters. The lowest BCUT2D eigenvalue weighted by Crippen LogP contribution is -2.36. The van der Waals surface area contributed by atoms with Crippen LogP contribution in [0, 0.1) is 0 Å². The highest BCUT2D eigenvalue weighted by atomic mass is 35.5. The van der Waals surface area contributed by atoms with Crippen molar-refractivity contribution in [2.75, 3.05) is 31.2 Å². The van der Waals surface area contributed by atoms with Gasteiger partial charge >= 0.3 is 0 Å². The summed E-state index contributed by atoms with van der Waals surface area (Å²) >= 11 is 12.4. The van der Waals surface area contributed by atoms with Crippen molar-refractivity contribution in [3.8, 4) is 22.5 Å². The van der Waals surface area contributed by atoms with Gasteiger partial charge in [0, 0.05) is 34.3 Å². The molecule has 0 bridgehead atoms. The number of morpholine rings is 1. The molecule has 0 N–H and O–H groups in total. The Balaban J connectivity index is 1.85. The van der Waals surface area contributed by atoms with Crippen molar-refractivity contribution in [2.45, 2.75) is 0 Å². The Morgan fingerprint density at radius 1 is 0.846 bits per heavy atom. The molecule has 1 aliphatic rings. The highest BCUT2D eigenvalue weighted by Crippen LogP contribution is 2.32. The van der Waals surface area contributed by atoms with Crippen molar-refractivity contribution in [3.63, 3.8) is 0 Å². The summed E-state index contributed by atoms with van der Waals surface area (Å²) in [6.07, 6.45) is 1.82. The van der Waals surface area contributed by atoms with Gasteiger partial charge in [-0.05, 0) is 24.3 Å². The number of rotatable bonds is 3. The van der Waals surface area contributed by atoms with Gasteiger partial charge in [0.2, 0.25) is 0 Å². The van der Waals surface area contributed by atoms with Crippen LogP contribution in [0.5, 0.6) is 0 Å². The highest BCUT2D eigenvalue weighted by molar-refractivity contribution is 6.31. The molecule has 0 amide bonds. The number of nitrogens with zero attached hydrogens (tertiary/aromatic N) is 3. The molecular weight excluding hydrogens is 369 g/mol. The first-order valence-corrected chi connectivity index (χ1v) is 9.18. The third kappa shape index (κ3) is 3.68. The predicted molar refractivity (Wildman–Crippen MR) is 106 cm³/mol. The van der Waals surface area contributed by atoms with Crippen LogP contribution in [-0.4, -0.2) is 36.3 Å². The number of benzene rings is 2. The molecule has 132 valence electrons. The van der Waals surface area contributed by atoms with Crippen molar-refractivity contribution >= 4 is 29.0 Å². The largest absolute Gasteiger partial charge is 0.378 e. The van der Waals surface area contributed by atoms with Crippen LogP contribution in [0.3, 0.4) is 0 Å². The van der Waals surface area contributed by atoms with Gasteiger partial charge in [-0.3, -0.25) is 4.98 Å². The molecule has 26 heavy (non-hydrogen) atoms. The molecule has 2 aromatic carbocycles. The first-order chi connectivity index (χ1) is 12.7. The lowest BCUT2D eigenvalue weighted by Gasteiger charge is -2.28. The average Bonchev–Trinajstić information content (AvgIpc) is 2.68. The minimum atomic E-state index is 0.665. The summed E-state index contributed by atoms with van der Waals surface area (Å²) in [7, 11) is 0. The summed E-state index contributed by atoms with van der Waals surface area (Å²) in [4.78, 5) is 11.8. The first-order valence-electron chi connectivity index (χ1n) is 8.42. The molecule has 0 unspecified atom stereocenters. The second-order valence-electron chi connectivity index (χ2n) is 6.05. The summed E-state index contributed by atoms with van der Waals surface area (Å²) in [5.74, 6) is 0.842. The van der Waals surface area contributed by atoms with E-state index in [2.05, 4.69) is 4.90 Å². The number of hydrogen-bond acceptors (Lipinski definition) is 4. The van der Waals surface area contributed by atoms with E-state index in [1.807, 2.05) is 54.7 Å². The lowest BCUT2D eigenvalue weighted by molar-refractivity contribution is 0.122. The Morgan fingerprint density at radius 2 is 1.46 bits per heavy atom. The average molecular weight is 386 g/mol. The molecule has 1 aromatic heterocycles. The molecule has 3 aromatic rings. The molecule has 1 fully saturated rings. The fraction of sp³-hybridized carbons (Fsp3) is 0.200. The molecule has 4 rings (SSSR count). The van der Waals surface area contributed by atoms with Gasteiger partial charge in [-0.1, -0.05) is 47.5 Å². The van der Waals surface area contributed by atoms with E-state index in [0.29, 0.717) is 23.3 Å². The third-order valence-electron chi connectivity index (χ3n) is 4.29. The van der Waals surface area contributed by atoms with Crippen LogP contribution in [0.1, 0.15) is 0 Å². The minimum Gasteiger partial charge on any atom is -0.378 e. The monoisotopic (exact) mass is 385 g/mol. The molecule has 0 spiro atoms. The lowest BCUT2D eigenvalue weighted by atomic mass is 10.0. The molecule has 0 aliphatic carbocycles. The molecule has 2 heterocycles. The van der Waals surface area contributed by atoms with E-state index in [9.17, 15) is 0 Å². The molecule has 1 saturated heterocycles. The maximum atomic E-state index is 6.21. The van der Waals surface area contributed by atoms with Crippen molar-refractivity contribution in [1.29, 1.82) is 0 Å². The van der Waals surface area contributed by atoms with E-state index in [4.69, 9.17) is 37.9 Å². The van der Waals surface area contributed by atoms with E-state index in [0.717, 1.165) is 41.4 Å². The van der Waals surface area contributed by atoms with Crippen LogP contribution < -0.4 is 4.90 Å². The predicted octanol–water partition coefficient (Wildman–Crippen LogP) is 4.95. The summed E-state index contributed by atoms with van der Waals surface area (Å²) in [5.41, 5.74) is 3.43. The topological polar surface area (TPSA) is 38.2 Å². The van der Waals surface area contributed by atoms with E-state index in [-0.39, 0.29) is 0 Å². The summed E-state index contributed by atoms with van der Waals surface area (Å²) < 4.78 is 5.44. The third-order valence-corrected chi connectivity index (χ3v) is 4.76. The van der Waals surface area contributed by atoms with E-state index in [1.165, 1.54) is 0 Å². The second-order valence-corrected chi connectivity index (χ2v) is 6.92. The van der Waals surface area contributed by atoms with Gasteiger partial charge in [-0.2, -0.15) is 0 Å².